The van der Waals surface area contributed by atoms with Crippen LogP contribution in [0, 0.1) is 0 Å². The molecule has 2 heterocycles. The van der Waals surface area contributed by atoms with Crippen molar-refractivity contribution in [3.8, 4) is 11.5 Å². The number of carbonyl (C=O) groups excluding carboxylic acids is 1. The second-order valence-corrected chi connectivity index (χ2v) is 5.97. The van der Waals surface area contributed by atoms with Crippen molar-refractivity contribution in [2.24, 2.45) is 0 Å². The van der Waals surface area contributed by atoms with Crippen LogP contribution in [0.1, 0.15) is 44.3 Å². The van der Waals surface area contributed by atoms with Gasteiger partial charge >= 0.3 is 0 Å². The first kappa shape index (κ1) is 17.3. The van der Waals surface area contributed by atoms with Crippen LogP contribution < -0.4 is 14.8 Å². The molecule has 7 heteroatoms. The second-order valence-electron chi connectivity index (χ2n) is 5.97. The van der Waals surface area contributed by atoms with Gasteiger partial charge in [-0.2, -0.15) is 4.98 Å². The van der Waals surface area contributed by atoms with Crippen molar-refractivity contribution in [1.29, 1.82) is 0 Å². The lowest BCUT2D eigenvalue weighted by atomic mass is 10.2. The van der Waals surface area contributed by atoms with Crippen LogP contribution in [0.25, 0.3) is 0 Å². The highest BCUT2D eigenvalue weighted by Gasteiger charge is 2.12. The van der Waals surface area contributed by atoms with E-state index in [-0.39, 0.29) is 5.91 Å². The van der Waals surface area contributed by atoms with Gasteiger partial charge in [-0.3, -0.25) is 4.79 Å². The van der Waals surface area contributed by atoms with E-state index in [1.54, 1.807) is 6.07 Å². The van der Waals surface area contributed by atoms with E-state index in [0.29, 0.717) is 49.8 Å². The molecule has 25 heavy (non-hydrogen) atoms. The molecule has 134 valence electrons. The number of rotatable bonds is 7. The number of carbonyl (C=O) groups is 1. The van der Waals surface area contributed by atoms with Crippen LogP contribution in [0.3, 0.4) is 0 Å². The van der Waals surface area contributed by atoms with Gasteiger partial charge in [-0.15, -0.1) is 0 Å². The molecule has 0 saturated heterocycles. The maximum Gasteiger partial charge on any atom is 0.226 e. The Bertz CT molecular complexity index is 714. The fraction of sp³-hybridized carbons (Fsp3) is 0.500. The third-order valence-electron chi connectivity index (χ3n) is 3.81. The minimum absolute atomic E-state index is 0.0530. The highest BCUT2D eigenvalue weighted by atomic mass is 16.5. The van der Waals surface area contributed by atoms with Crippen LogP contribution in [-0.4, -0.2) is 29.3 Å². The minimum atomic E-state index is -0.0530. The first-order valence-corrected chi connectivity index (χ1v) is 8.75. The van der Waals surface area contributed by atoms with E-state index in [0.717, 1.165) is 30.8 Å². The molecule has 3 rings (SSSR count). The molecule has 1 amide bonds. The lowest BCUT2D eigenvalue weighted by Crippen LogP contribution is -2.11. The fourth-order valence-electron chi connectivity index (χ4n) is 2.58. The molecule has 0 fully saturated rings. The van der Waals surface area contributed by atoms with Gasteiger partial charge < -0.3 is 19.3 Å². The SMILES string of the molecule is CCCc1noc(CCCC(=O)Nc2ccc3c(c2)OCCCO3)n1. The predicted molar refractivity (Wildman–Crippen MR) is 91.9 cm³/mol. The number of ether oxygens (including phenoxy) is 2. The smallest absolute Gasteiger partial charge is 0.226 e. The van der Waals surface area contributed by atoms with Gasteiger partial charge in [0.2, 0.25) is 11.8 Å². The van der Waals surface area contributed by atoms with Gasteiger partial charge in [0.15, 0.2) is 17.3 Å². The molecule has 1 aromatic carbocycles. The van der Waals surface area contributed by atoms with Gasteiger partial charge in [0.05, 0.1) is 13.2 Å². The molecular formula is C18H23N3O4. The largest absolute Gasteiger partial charge is 0.490 e. The summed E-state index contributed by atoms with van der Waals surface area (Å²) in [4.78, 5) is 16.4. The maximum absolute atomic E-state index is 12.1. The lowest BCUT2D eigenvalue weighted by molar-refractivity contribution is -0.116. The topological polar surface area (TPSA) is 86.5 Å². The molecule has 0 radical (unpaired) electrons. The number of hydrogen-bond acceptors (Lipinski definition) is 6. The van der Waals surface area contributed by atoms with Gasteiger partial charge in [0.1, 0.15) is 0 Å². The standard InChI is InChI=1S/C18H23N3O4/c1-2-5-16-20-18(25-21-16)7-3-6-17(22)19-13-8-9-14-15(12-13)24-11-4-10-23-14/h8-9,12H,2-7,10-11H2,1H3,(H,19,22). The Balaban J connectivity index is 1.46. The Morgan fingerprint density at radius 1 is 1.20 bits per heavy atom. The lowest BCUT2D eigenvalue weighted by Gasteiger charge is -2.10. The molecule has 0 spiro atoms. The van der Waals surface area contributed by atoms with Crippen LogP contribution in [0.2, 0.25) is 0 Å². The molecule has 2 aromatic rings. The monoisotopic (exact) mass is 345 g/mol. The number of benzene rings is 1. The zero-order valence-corrected chi connectivity index (χ0v) is 14.4. The average Bonchev–Trinajstić information content (AvgIpc) is 2.90. The highest BCUT2D eigenvalue weighted by molar-refractivity contribution is 5.91. The van der Waals surface area contributed by atoms with E-state index in [1.165, 1.54) is 0 Å². The van der Waals surface area contributed by atoms with E-state index in [2.05, 4.69) is 22.4 Å². The van der Waals surface area contributed by atoms with Gasteiger partial charge in [-0.25, -0.2) is 0 Å². The van der Waals surface area contributed by atoms with Crippen LogP contribution >= 0.6 is 0 Å². The summed E-state index contributed by atoms with van der Waals surface area (Å²) in [5, 5.41) is 6.79. The first-order valence-electron chi connectivity index (χ1n) is 8.75. The summed E-state index contributed by atoms with van der Waals surface area (Å²) < 4.78 is 16.4. The van der Waals surface area contributed by atoms with Crippen molar-refractivity contribution >= 4 is 11.6 Å². The number of fused-ring (bicyclic) bond motifs is 1. The number of nitrogens with zero attached hydrogens (tertiary/aromatic N) is 2. The number of amides is 1. The zero-order valence-electron chi connectivity index (χ0n) is 14.4. The summed E-state index contributed by atoms with van der Waals surface area (Å²) >= 11 is 0. The molecule has 0 saturated carbocycles. The van der Waals surface area contributed by atoms with Crippen molar-refractivity contribution in [3.63, 3.8) is 0 Å². The molecular weight excluding hydrogens is 322 g/mol. The number of nitrogens with one attached hydrogen (secondary N) is 1. The van der Waals surface area contributed by atoms with Crippen molar-refractivity contribution < 1.29 is 18.8 Å². The summed E-state index contributed by atoms with van der Waals surface area (Å²) in [5.74, 6) is 2.66. The van der Waals surface area contributed by atoms with E-state index >= 15 is 0 Å². The fourth-order valence-corrected chi connectivity index (χ4v) is 2.58. The molecule has 0 atom stereocenters. The third kappa shape index (κ3) is 4.95. The molecule has 0 bridgehead atoms. The van der Waals surface area contributed by atoms with Crippen molar-refractivity contribution in [2.45, 2.75) is 45.4 Å². The van der Waals surface area contributed by atoms with E-state index in [9.17, 15) is 4.79 Å². The summed E-state index contributed by atoms with van der Waals surface area (Å²) in [6.45, 7) is 3.34. The summed E-state index contributed by atoms with van der Waals surface area (Å²) in [6.07, 6.45) is 4.30. The minimum Gasteiger partial charge on any atom is -0.490 e. The second kappa shape index (κ2) is 8.50. The number of hydrogen-bond donors (Lipinski definition) is 1. The van der Waals surface area contributed by atoms with Crippen LogP contribution in [0.15, 0.2) is 22.7 Å². The zero-order chi connectivity index (χ0) is 17.5. The number of aryl methyl sites for hydroxylation is 2. The summed E-state index contributed by atoms with van der Waals surface area (Å²) in [7, 11) is 0. The predicted octanol–water partition coefficient (Wildman–Crippen LogP) is 3.14. The molecule has 1 aliphatic heterocycles. The Hall–Kier alpha value is -2.57. The third-order valence-corrected chi connectivity index (χ3v) is 3.81. The Kier molecular flexibility index (Phi) is 5.87. The number of aromatic nitrogens is 2. The normalized spacial score (nSPS) is 13.3. The van der Waals surface area contributed by atoms with Crippen molar-refractivity contribution in [3.05, 3.63) is 29.9 Å². The quantitative estimate of drug-likeness (QED) is 0.829. The van der Waals surface area contributed by atoms with E-state index in [1.807, 2.05) is 12.1 Å². The highest BCUT2D eigenvalue weighted by Crippen LogP contribution is 2.32. The van der Waals surface area contributed by atoms with Crippen LogP contribution in [0.5, 0.6) is 11.5 Å². The maximum atomic E-state index is 12.1. The van der Waals surface area contributed by atoms with E-state index < -0.39 is 0 Å². The van der Waals surface area contributed by atoms with Crippen LogP contribution in [0.4, 0.5) is 5.69 Å². The molecule has 7 nitrogen and oxygen atoms in total. The molecule has 1 aromatic heterocycles. The summed E-state index contributed by atoms with van der Waals surface area (Å²) in [5.41, 5.74) is 0.706. The summed E-state index contributed by atoms with van der Waals surface area (Å²) in [6, 6.07) is 5.44. The van der Waals surface area contributed by atoms with Crippen molar-refractivity contribution in [1.82, 2.24) is 10.1 Å². The van der Waals surface area contributed by atoms with Gasteiger partial charge in [0, 0.05) is 37.4 Å². The Morgan fingerprint density at radius 2 is 2.04 bits per heavy atom. The van der Waals surface area contributed by atoms with Crippen molar-refractivity contribution in [2.75, 3.05) is 18.5 Å². The van der Waals surface area contributed by atoms with Gasteiger partial charge in [-0.1, -0.05) is 12.1 Å². The number of anilines is 1. The molecule has 0 aliphatic carbocycles. The van der Waals surface area contributed by atoms with Gasteiger partial charge in [-0.05, 0) is 25.0 Å². The first-order chi connectivity index (χ1) is 12.2. The molecule has 1 N–H and O–H groups in total. The molecule has 1 aliphatic rings. The Morgan fingerprint density at radius 3 is 2.88 bits per heavy atom. The average molecular weight is 345 g/mol. The van der Waals surface area contributed by atoms with Crippen LogP contribution in [-0.2, 0) is 17.6 Å². The van der Waals surface area contributed by atoms with E-state index in [4.69, 9.17) is 14.0 Å². The molecule has 0 unspecified atom stereocenters. The Labute approximate surface area is 146 Å². The van der Waals surface area contributed by atoms with Gasteiger partial charge in [0.25, 0.3) is 0 Å².